The van der Waals surface area contributed by atoms with E-state index in [4.69, 9.17) is 0 Å². The fourth-order valence-electron chi connectivity index (χ4n) is 1.96. The van der Waals surface area contributed by atoms with Crippen molar-refractivity contribution in [3.63, 3.8) is 0 Å². The minimum Gasteiger partial charge on any atom is -0.352 e. The number of rotatable bonds is 6. The maximum absolute atomic E-state index is 12.2. The molecule has 2 N–H and O–H groups in total. The molecule has 1 aliphatic carbocycles. The van der Waals surface area contributed by atoms with Crippen LogP contribution in [0, 0.1) is 5.92 Å². The Morgan fingerprint density at radius 3 is 2.63 bits per heavy atom. The van der Waals surface area contributed by atoms with E-state index >= 15 is 0 Å². The van der Waals surface area contributed by atoms with Crippen molar-refractivity contribution in [2.45, 2.75) is 50.7 Å². The van der Waals surface area contributed by atoms with Crippen molar-refractivity contribution in [3.8, 4) is 0 Å². The fraction of sp³-hybridized carbons (Fsp3) is 0.692. The Kier molecular flexibility index (Phi) is 4.03. The van der Waals surface area contributed by atoms with Crippen molar-refractivity contribution in [3.05, 3.63) is 18.0 Å². The predicted molar refractivity (Wildman–Crippen MR) is 75.3 cm³/mol. The highest BCUT2D eigenvalue weighted by atomic mass is 32.2. The van der Waals surface area contributed by atoms with Crippen LogP contribution in [-0.4, -0.2) is 25.1 Å². The minimum absolute atomic E-state index is 0.113. The third-order valence-electron chi connectivity index (χ3n) is 3.50. The van der Waals surface area contributed by atoms with Crippen molar-refractivity contribution in [2.24, 2.45) is 13.0 Å². The number of aromatic nitrogens is 1. The molecular formula is C13H23N3O2S. The molecule has 108 valence electrons. The molecule has 19 heavy (non-hydrogen) atoms. The molecule has 1 heterocycles. The van der Waals surface area contributed by atoms with Crippen molar-refractivity contribution in [2.75, 3.05) is 0 Å². The van der Waals surface area contributed by atoms with Crippen LogP contribution in [0.3, 0.4) is 0 Å². The van der Waals surface area contributed by atoms with E-state index in [0.717, 1.165) is 12.1 Å². The lowest BCUT2D eigenvalue weighted by Crippen LogP contribution is -2.26. The predicted octanol–water partition coefficient (Wildman–Crippen LogP) is 1.21. The molecule has 1 saturated carbocycles. The van der Waals surface area contributed by atoms with Crippen LogP contribution in [0.2, 0.25) is 0 Å². The molecule has 2 atom stereocenters. The van der Waals surface area contributed by atoms with Gasteiger partial charge < -0.3 is 9.88 Å². The second-order valence-electron chi connectivity index (χ2n) is 5.75. The van der Waals surface area contributed by atoms with Crippen molar-refractivity contribution >= 4 is 10.0 Å². The molecule has 1 fully saturated rings. The molecule has 2 unspecified atom stereocenters. The fourth-order valence-corrected chi connectivity index (χ4v) is 3.41. The van der Waals surface area contributed by atoms with Gasteiger partial charge >= 0.3 is 0 Å². The number of hydrogen-bond acceptors (Lipinski definition) is 3. The summed E-state index contributed by atoms with van der Waals surface area (Å²) in [7, 11) is -1.50. The number of nitrogens with zero attached hydrogens (tertiary/aromatic N) is 1. The van der Waals surface area contributed by atoms with E-state index in [1.54, 1.807) is 12.3 Å². The Hall–Kier alpha value is -0.850. The van der Waals surface area contributed by atoms with E-state index in [-0.39, 0.29) is 6.04 Å². The summed E-state index contributed by atoms with van der Waals surface area (Å²) in [5.74, 6) is 0.459. The maximum atomic E-state index is 12.2. The number of sulfonamides is 1. The summed E-state index contributed by atoms with van der Waals surface area (Å²) in [5, 5.41) is 3.29. The Labute approximate surface area is 115 Å². The lowest BCUT2D eigenvalue weighted by Gasteiger charge is -2.08. The van der Waals surface area contributed by atoms with E-state index in [0.29, 0.717) is 23.4 Å². The quantitative estimate of drug-likeness (QED) is 0.826. The van der Waals surface area contributed by atoms with Crippen molar-refractivity contribution < 1.29 is 8.42 Å². The van der Waals surface area contributed by atoms with Gasteiger partial charge in [-0.1, -0.05) is 20.8 Å². The van der Waals surface area contributed by atoms with Crippen LogP contribution in [0.15, 0.2) is 17.2 Å². The first-order valence-corrected chi connectivity index (χ1v) is 8.19. The minimum atomic E-state index is -3.37. The summed E-state index contributed by atoms with van der Waals surface area (Å²) < 4.78 is 29.0. The van der Waals surface area contributed by atoms with Crippen LogP contribution in [0.5, 0.6) is 0 Å². The van der Waals surface area contributed by atoms with Crippen LogP contribution in [0.25, 0.3) is 0 Å². The highest BCUT2D eigenvalue weighted by molar-refractivity contribution is 7.89. The average Bonchev–Trinajstić information content (AvgIpc) is 2.83. The van der Waals surface area contributed by atoms with Gasteiger partial charge in [-0.15, -0.1) is 0 Å². The molecule has 1 aromatic rings. The topological polar surface area (TPSA) is 63.1 Å². The first kappa shape index (κ1) is 14.6. The molecule has 0 amide bonds. The zero-order chi connectivity index (χ0) is 14.2. The number of nitrogens with one attached hydrogen (secondary N) is 2. The zero-order valence-electron chi connectivity index (χ0n) is 12.0. The summed E-state index contributed by atoms with van der Waals surface area (Å²) in [6.45, 7) is 6.85. The Balaban J connectivity index is 2.10. The summed E-state index contributed by atoms with van der Waals surface area (Å²) in [6.07, 6.45) is 2.61. The molecule has 6 heteroatoms. The van der Waals surface area contributed by atoms with Crippen molar-refractivity contribution in [1.29, 1.82) is 0 Å². The molecule has 0 aliphatic heterocycles. The highest BCUT2D eigenvalue weighted by Gasteiger charge is 2.36. The molecule has 2 rings (SSSR count). The largest absolute Gasteiger partial charge is 0.352 e. The first-order chi connectivity index (χ1) is 8.79. The monoisotopic (exact) mass is 285 g/mol. The lowest BCUT2D eigenvalue weighted by molar-refractivity contribution is 0.571. The third kappa shape index (κ3) is 3.58. The summed E-state index contributed by atoms with van der Waals surface area (Å²) >= 11 is 0. The molecule has 0 bridgehead atoms. The number of aryl methyl sites for hydroxylation is 1. The van der Waals surface area contributed by atoms with Gasteiger partial charge in [0.25, 0.3) is 0 Å². The van der Waals surface area contributed by atoms with Gasteiger partial charge in [0.2, 0.25) is 10.0 Å². The van der Waals surface area contributed by atoms with Crippen LogP contribution < -0.4 is 10.0 Å². The maximum Gasteiger partial charge on any atom is 0.242 e. The van der Waals surface area contributed by atoms with E-state index in [2.05, 4.69) is 30.8 Å². The zero-order valence-corrected chi connectivity index (χ0v) is 12.8. The highest BCUT2D eigenvalue weighted by Crippen LogP contribution is 2.30. The Bertz CT molecular complexity index is 548. The molecule has 5 nitrogen and oxygen atoms in total. The normalized spacial score (nSPS) is 23.0. The second-order valence-corrected chi connectivity index (χ2v) is 7.47. The van der Waals surface area contributed by atoms with Gasteiger partial charge in [-0.2, -0.15) is 0 Å². The van der Waals surface area contributed by atoms with Gasteiger partial charge in [0.1, 0.15) is 0 Å². The van der Waals surface area contributed by atoms with E-state index in [9.17, 15) is 8.42 Å². The van der Waals surface area contributed by atoms with E-state index in [1.165, 1.54) is 0 Å². The van der Waals surface area contributed by atoms with Crippen LogP contribution in [-0.2, 0) is 23.6 Å². The molecule has 1 aliphatic rings. The standard InChI is InChI=1S/C13H23N3O2S/c1-9(2)14-7-11-6-12(8-16(11)4)19(17,18)15-13-5-10(13)3/h6,8-10,13-15H,5,7H2,1-4H3. The van der Waals surface area contributed by atoms with Crippen LogP contribution in [0.4, 0.5) is 0 Å². The van der Waals surface area contributed by atoms with Gasteiger partial charge in [-0.3, -0.25) is 0 Å². The van der Waals surface area contributed by atoms with Gasteiger partial charge in [-0.25, -0.2) is 13.1 Å². The smallest absolute Gasteiger partial charge is 0.242 e. The molecule has 0 saturated heterocycles. The van der Waals surface area contributed by atoms with Crippen LogP contribution in [0.1, 0.15) is 32.9 Å². The summed E-state index contributed by atoms with van der Waals surface area (Å²) in [6, 6.07) is 2.23. The molecular weight excluding hydrogens is 262 g/mol. The lowest BCUT2D eigenvalue weighted by atomic mass is 10.3. The van der Waals surface area contributed by atoms with Gasteiger partial charge in [0, 0.05) is 37.6 Å². The summed E-state index contributed by atoms with van der Waals surface area (Å²) in [5.41, 5.74) is 0.970. The van der Waals surface area contributed by atoms with Gasteiger partial charge in [0.15, 0.2) is 0 Å². The second kappa shape index (κ2) is 5.26. The third-order valence-corrected chi connectivity index (χ3v) is 4.96. The number of hydrogen-bond donors (Lipinski definition) is 2. The Morgan fingerprint density at radius 2 is 2.11 bits per heavy atom. The molecule has 1 aromatic heterocycles. The van der Waals surface area contributed by atoms with Gasteiger partial charge in [0.05, 0.1) is 4.90 Å². The molecule has 0 aromatic carbocycles. The van der Waals surface area contributed by atoms with E-state index < -0.39 is 10.0 Å². The van der Waals surface area contributed by atoms with Crippen molar-refractivity contribution in [1.82, 2.24) is 14.6 Å². The Morgan fingerprint density at radius 1 is 1.47 bits per heavy atom. The SMILES string of the molecule is CC(C)NCc1cc(S(=O)(=O)NC2CC2C)cn1C. The van der Waals surface area contributed by atoms with E-state index in [1.807, 2.05) is 11.6 Å². The summed E-state index contributed by atoms with van der Waals surface area (Å²) in [4.78, 5) is 0.356. The molecule has 0 spiro atoms. The first-order valence-electron chi connectivity index (χ1n) is 6.70. The molecule has 0 radical (unpaired) electrons. The van der Waals surface area contributed by atoms with Gasteiger partial charge in [-0.05, 0) is 18.4 Å². The van der Waals surface area contributed by atoms with Crippen LogP contribution >= 0.6 is 0 Å². The average molecular weight is 285 g/mol.